The average molecular weight is 263 g/mol. The first-order chi connectivity index (χ1) is 8.61. The van der Waals surface area contributed by atoms with E-state index >= 15 is 0 Å². The van der Waals surface area contributed by atoms with Crippen LogP contribution in [-0.2, 0) is 0 Å². The molecule has 0 aliphatic heterocycles. The van der Waals surface area contributed by atoms with Crippen LogP contribution in [-0.4, -0.2) is 12.1 Å². The Hall–Kier alpha value is -1.58. The minimum atomic E-state index is -0.349. The van der Waals surface area contributed by atoms with Crippen molar-refractivity contribution in [2.24, 2.45) is 5.73 Å². The minimum absolute atomic E-state index is 0.349. The number of pyridine rings is 1. The predicted molar refractivity (Wildman–Crippen MR) is 73.0 cm³/mol. The molecule has 0 saturated heterocycles. The fourth-order valence-corrected chi connectivity index (χ4v) is 2.03. The Morgan fingerprint density at radius 3 is 2.72 bits per heavy atom. The van der Waals surface area contributed by atoms with Crippen LogP contribution in [0.5, 0.6) is 5.75 Å². The third-order valence-corrected chi connectivity index (χ3v) is 2.99. The van der Waals surface area contributed by atoms with Gasteiger partial charge in [-0.25, -0.2) is 0 Å². The van der Waals surface area contributed by atoms with Crippen molar-refractivity contribution in [1.82, 2.24) is 4.98 Å². The quantitative estimate of drug-likeness (QED) is 0.925. The monoisotopic (exact) mass is 262 g/mol. The zero-order valence-electron chi connectivity index (χ0n) is 10.4. The first-order valence-corrected chi connectivity index (χ1v) is 6.02. The van der Waals surface area contributed by atoms with Gasteiger partial charge in [0.25, 0.3) is 0 Å². The first kappa shape index (κ1) is 12.9. The molecule has 0 saturated carbocycles. The molecule has 0 bridgehead atoms. The van der Waals surface area contributed by atoms with Gasteiger partial charge < -0.3 is 10.5 Å². The Kier molecular flexibility index (Phi) is 3.84. The first-order valence-electron chi connectivity index (χ1n) is 5.64. The molecule has 0 radical (unpaired) electrons. The summed E-state index contributed by atoms with van der Waals surface area (Å²) in [5.41, 5.74) is 8.80. The van der Waals surface area contributed by atoms with Crippen LogP contribution < -0.4 is 10.5 Å². The van der Waals surface area contributed by atoms with Gasteiger partial charge in [0.05, 0.1) is 18.8 Å². The highest BCUT2D eigenvalue weighted by Crippen LogP contribution is 2.30. The van der Waals surface area contributed by atoms with Crippen molar-refractivity contribution in [3.05, 3.63) is 58.4 Å². The topological polar surface area (TPSA) is 48.1 Å². The van der Waals surface area contributed by atoms with Gasteiger partial charge in [-0.1, -0.05) is 17.7 Å². The lowest BCUT2D eigenvalue weighted by molar-refractivity contribution is 0.407. The maximum atomic E-state index is 6.23. The van der Waals surface area contributed by atoms with Gasteiger partial charge in [-0.15, -0.1) is 0 Å². The van der Waals surface area contributed by atoms with E-state index in [1.54, 1.807) is 13.2 Å². The van der Waals surface area contributed by atoms with Gasteiger partial charge in [-0.2, -0.15) is 0 Å². The normalized spacial score (nSPS) is 12.2. The van der Waals surface area contributed by atoms with Crippen molar-refractivity contribution in [2.75, 3.05) is 7.11 Å². The second kappa shape index (κ2) is 5.38. The van der Waals surface area contributed by atoms with Crippen LogP contribution in [0.3, 0.4) is 0 Å². The summed E-state index contributed by atoms with van der Waals surface area (Å²) in [5.74, 6) is 0.718. The molecule has 0 aliphatic rings. The summed E-state index contributed by atoms with van der Waals surface area (Å²) in [6, 6.07) is 10.8. The number of halogens is 1. The van der Waals surface area contributed by atoms with Crippen molar-refractivity contribution in [2.45, 2.75) is 13.0 Å². The van der Waals surface area contributed by atoms with Gasteiger partial charge in [0, 0.05) is 16.3 Å². The highest BCUT2D eigenvalue weighted by molar-refractivity contribution is 6.30. The van der Waals surface area contributed by atoms with Crippen LogP contribution in [0.4, 0.5) is 0 Å². The third-order valence-electron chi connectivity index (χ3n) is 2.76. The van der Waals surface area contributed by atoms with Crippen molar-refractivity contribution in [3.63, 3.8) is 0 Å². The second-order valence-electron chi connectivity index (χ2n) is 4.07. The van der Waals surface area contributed by atoms with Gasteiger partial charge in [-0.3, -0.25) is 4.98 Å². The largest absolute Gasteiger partial charge is 0.496 e. The van der Waals surface area contributed by atoms with Crippen LogP contribution in [0.2, 0.25) is 5.02 Å². The number of benzene rings is 1. The van der Waals surface area contributed by atoms with E-state index in [0.29, 0.717) is 5.02 Å². The van der Waals surface area contributed by atoms with Gasteiger partial charge in [0.15, 0.2) is 0 Å². The lowest BCUT2D eigenvalue weighted by Gasteiger charge is -2.16. The van der Waals surface area contributed by atoms with Crippen LogP contribution in [0.15, 0.2) is 36.4 Å². The molecule has 4 heteroatoms. The van der Waals surface area contributed by atoms with E-state index in [-0.39, 0.29) is 6.04 Å². The fraction of sp³-hybridized carbons (Fsp3) is 0.214. The van der Waals surface area contributed by atoms with E-state index in [9.17, 15) is 0 Å². The molecule has 0 aliphatic carbocycles. The Labute approximate surface area is 112 Å². The molecule has 0 fully saturated rings. The van der Waals surface area contributed by atoms with Crippen LogP contribution in [0, 0.1) is 6.92 Å². The number of nitrogens with zero attached hydrogens (tertiary/aromatic N) is 1. The molecule has 1 aromatic carbocycles. The molecule has 2 aromatic rings. The number of nitrogens with two attached hydrogens (primary N) is 1. The number of ether oxygens (including phenoxy) is 1. The number of rotatable bonds is 3. The molecule has 0 amide bonds. The van der Waals surface area contributed by atoms with Gasteiger partial charge in [0.2, 0.25) is 0 Å². The molecule has 2 N–H and O–H groups in total. The predicted octanol–water partition coefficient (Wildman–Crippen LogP) is 3.10. The highest BCUT2D eigenvalue weighted by atomic mass is 35.5. The van der Waals surface area contributed by atoms with E-state index in [4.69, 9.17) is 22.1 Å². The highest BCUT2D eigenvalue weighted by Gasteiger charge is 2.15. The smallest absolute Gasteiger partial charge is 0.124 e. The molecular weight excluding hydrogens is 248 g/mol. The molecule has 94 valence electrons. The summed E-state index contributed by atoms with van der Waals surface area (Å²) in [4.78, 5) is 4.43. The lowest BCUT2D eigenvalue weighted by atomic mass is 10.0. The van der Waals surface area contributed by atoms with Gasteiger partial charge in [-0.05, 0) is 37.3 Å². The number of hydrogen-bond donors (Lipinski definition) is 1. The number of methoxy groups -OCH3 is 1. The summed E-state index contributed by atoms with van der Waals surface area (Å²) in [6.45, 7) is 1.94. The second-order valence-corrected chi connectivity index (χ2v) is 4.50. The fourth-order valence-electron chi connectivity index (χ4n) is 1.84. The maximum absolute atomic E-state index is 6.23. The molecule has 1 unspecified atom stereocenters. The van der Waals surface area contributed by atoms with Crippen molar-refractivity contribution >= 4 is 11.6 Å². The zero-order chi connectivity index (χ0) is 13.1. The summed E-state index contributed by atoms with van der Waals surface area (Å²) < 4.78 is 5.31. The summed E-state index contributed by atoms with van der Waals surface area (Å²) in [5, 5.41) is 0.633. The molecular formula is C14H15ClN2O. The SMILES string of the molecule is COc1ccc(Cl)cc1C(N)c1cccc(C)n1. The number of aryl methyl sites for hydroxylation is 1. The Morgan fingerprint density at radius 2 is 2.06 bits per heavy atom. The third kappa shape index (κ3) is 2.63. The average Bonchev–Trinajstić information content (AvgIpc) is 2.38. The van der Waals surface area contributed by atoms with E-state index in [2.05, 4.69) is 4.98 Å². The van der Waals surface area contributed by atoms with E-state index in [1.165, 1.54) is 0 Å². The van der Waals surface area contributed by atoms with Crippen molar-refractivity contribution in [3.8, 4) is 5.75 Å². The minimum Gasteiger partial charge on any atom is -0.496 e. The molecule has 1 heterocycles. The molecule has 3 nitrogen and oxygen atoms in total. The summed E-state index contributed by atoms with van der Waals surface area (Å²) in [6.07, 6.45) is 0. The Morgan fingerprint density at radius 1 is 1.28 bits per heavy atom. The zero-order valence-corrected chi connectivity index (χ0v) is 11.1. The van der Waals surface area contributed by atoms with E-state index in [1.807, 2.05) is 37.3 Å². The van der Waals surface area contributed by atoms with Crippen LogP contribution in [0.1, 0.15) is 23.0 Å². The Balaban J connectivity index is 2.44. The standard InChI is InChI=1S/C14H15ClN2O/c1-9-4-3-5-12(17-9)14(16)11-8-10(15)6-7-13(11)18-2/h3-8,14H,16H2,1-2H3. The summed E-state index contributed by atoms with van der Waals surface area (Å²) >= 11 is 6.01. The molecule has 18 heavy (non-hydrogen) atoms. The maximum Gasteiger partial charge on any atom is 0.124 e. The molecule has 2 rings (SSSR count). The Bertz CT molecular complexity index is 557. The van der Waals surface area contributed by atoms with Gasteiger partial charge >= 0.3 is 0 Å². The number of hydrogen-bond acceptors (Lipinski definition) is 3. The van der Waals surface area contributed by atoms with Crippen LogP contribution >= 0.6 is 11.6 Å². The number of aromatic nitrogens is 1. The van der Waals surface area contributed by atoms with Gasteiger partial charge in [0.1, 0.15) is 5.75 Å². The van der Waals surface area contributed by atoms with E-state index in [0.717, 1.165) is 22.7 Å². The van der Waals surface area contributed by atoms with Crippen molar-refractivity contribution in [1.29, 1.82) is 0 Å². The van der Waals surface area contributed by atoms with E-state index < -0.39 is 0 Å². The molecule has 1 aromatic heterocycles. The van der Waals surface area contributed by atoms with Crippen LogP contribution in [0.25, 0.3) is 0 Å². The molecule has 0 spiro atoms. The summed E-state index contributed by atoms with van der Waals surface area (Å²) in [7, 11) is 1.61. The van der Waals surface area contributed by atoms with Crippen molar-refractivity contribution < 1.29 is 4.74 Å². The lowest BCUT2D eigenvalue weighted by Crippen LogP contribution is -2.15. The molecule has 1 atom stereocenters.